The normalized spacial score (nSPS) is 24.6. The Hall–Kier alpha value is -1.51. The summed E-state index contributed by atoms with van der Waals surface area (Å²) in [6.07, 6.45) is 4.82. The minimum absolute atomic E-state index is 0.00533. The van der Waals surface area contributed by atoms with E-state index in [-0.39, 0.29) is 23.9 Å². The molecule has 1 aromatic rings. The van der Waals surface area contributed by atoms with E-state index in [9.17, 15) is 9.59 Å². The molecular weight excluding hydrogens is 338 g/mol. The number of hydrogen-bond donors (Lipinski definition) is 2. The molecule has 2 atom stereocenters. The maximum atomic E-state index is 12.5. The number of likely N-dealkylation sites (N-methyl/N-ethyl adjacent to an activating group) is 2. The van der Waals surface area contributed by atoms with E-state index in [1.807, 2.05) is 18.9 Å². The third-order valence-electron chi connectivity index (χ3n) is 4.87. The fraction of sp³-hybridized carbons (Fsp3) is 0.706. The lowest BCUT2D eigenvalue weighted by molar-refractivity contribution is -0.124. The summed E-state index contributed by atoms with van der Waals surface area (Å²) < 4.78 is 0. The Bertz CT molecular complexity index is 614. The molecule has 0 aliphatic carbocycles. The zero-order chi connectivity index (χ0) is 17.8. The molecule has 138 valence electrons. The molecule has 2 aliphatic heterocycles. The zero-order valence-electron chi connectivity index (χ0n) is 15.0. The number of carbonyl (C=O) groups excluding carboxylic acids is 2. The summed E-state index contributed by atoms with van der Waals surface area (Å²) in [6, 6.07) is -0.174. The average molecular weight is 366 g/mol. The second-order valence-electron chi connectivity index (χ2n) is 6.86. The zero-order valence-corrected chi connectivity index (χ0v) is 15.8. The molecule has 0 aromatic carbocycles. The maximum absolute atomic E-state index is 12.5. The van der Waals surface area contributed by atoms with Gasteiger partial charge in [-0.1, -0.05) is 0 Å². The lowest BCUT2D eigenvalue weighted by Gasteiger charge is -2.17. The van der Waals surface area contributed by atoms with Crippen LogP contribution in [0.3, 0.4) is 0 Å². The van der Waals surface area contributed by atoms with Crippen molar-refractivity contribution in [3.8, 4) is 0 Å². The van der Waals surface area contributed by atoms with Gasteiger partial charge < -0.3 is 10.6 Å². The Morgan fingerprint density at radius 2 is 2.12 bits per heavy atom. The topological polar surface area (TPSA) is 77.6 Å². The molecule has 1 aromatic heterocycles. The van der Waals surface area contributed by atoms with Gasteiger partial charge in [-0.25, -0.2) is 4.98 Å². The average Bonchev–Trinajstić information content (AvgIpc) is 3.30. The molecular formula is C17H27N5O2S. The Morgan fingerprint density at radius 3 is 2.84 bits per heavy atom. The molecule has 2 amide bonds. The van der Waals surface area contributed by atoms with Gasteiger partial charge in [0.1, 0.15) is 9.88 Å². The highest BCUT2D eigenvalue weighted by Gasteiger charge is 2.35. The quantitative estimate of drug-likeness (QED) is 0.775. The van der Waals surface area contributed by atoms with Gasteiger partial charge in [0.25, 0.3) is 5.91 Å². The van der Waals surface area contributed by atoms with Gasteiger partial charge >= 0.3 is 0 Å². The monoisotopic (exact) mass is 365 g/mol. The number of aromatic nitrogens is 1. The van der Waals surface area contributed by atoms with Crippen molar-refractivity contribution in [2.45, 2.75) is 44.8 Å². The number of amides is 2. The van der Waals surface area contributed by atoms with E-state index in [0.717, 1.165) is 24.6 Å². The van der Waals surface area contributed by atoms with Gasteiger partial charge in [0.05, 0.1) is 18.8 Å². The van der Waals surface area contributed by atoms with Crippen LogP contribution < -0.4 is 10.6 Å². The minimum atomic E-state index is -0.169. The molecule has 8 heteroatoms. The summed E-state index contributed by atoms with van der Waals surface area (Å²) in [6.45, 7) is 6.31. The lowest BCUT2D eigenvalue weighted by Crippen LogP contribution is -2.41. The largest absolute Gasteiger partial charge is 0.355 e. The first kappa shape index (κ1) is 18.3. The van der Waals surface area contributed by atoms with Gasteiger partial charge in [0.2, 0.25) is 5.91 Å². The van der Waals surface area contributed by atoms with E-state index < -0.39 is 0 Å². The van der Waals surface area contributed by atoms with Crippen molar-refractivity contribution >= 4 is 23.2 Å². The van der Waals surface area contributed by atoms with Crippen LogP contribution in [0.1, 0.15) is 40.9 Å². The number of likely N-dealkylation sites (tertiary alicyclic amines) is 2. The number of hydrogen-bond acceptors (Lipinski definition) is 6. The second-order valence-corrected chi connectivity index (χ2v) is 7.97. The van der Waals surface area contributed by atoms with Crippen molar-refractivity contribution < 1.29 is 9.59 Å². The summed E-state index contributed by atoms with van der Waals surface area (Å²) in [5.41, 5.74) is 0. The van der Waals surface area contributed by atoms with Crippen molar-refractivity contribution in [1.29, 1.82) is 0 Å². The molecule has 2 N–H and O–H groups in total. The summed E-state index contributed by atoms with van der Waals surface area (Å²) in [4.78, 5) is 34.0. The van der Waals surface area contributed by atoms with E-state index in [1.54, 1.807) is 6.20 Å². The third kappa shape index (κ3) is 4.56. The van der Waals surface area contributed by atoms with Crippen LogP contribution in [-0.4, -0.2) is 71.9 Å². The van der Waals surface area contributed by atoms with Crippen LogP contribution in [0.15, 0.2) is 6.20 Å². The highest BCUT2D eigenvalue weighted by molar-refractivity contribution is 7.13. The van der Waals surface area contributed by atoms with Gasteiger partial charge in [0.15, 0.2) is 0 Å². The molecule has 25 heavy (non-hydrogen) atoms. The van der Waals surface area contributed by atoms with E-state index in [1.165, 1.54) is 24.2 Å². The number of thiazole rings is 1. The first-order chi connectivity index (χ1) is 12.1. The van der Waals surface area contributed by atoms with Crippen LogP contribution in [0, 0.1) is 0 Å². The molecule has 2 unspecified atom stereocenters. The Labute approximate surface area is 152 Å². The second kappa shape index (κ2) is 8.25. The van der Waals surface area contributed by atoms with Crippen LogP contribution >= 0.6 is 11.3 Å². The van der Waals surface area contributed by atoms with Gasteiger partial charge in [-0.3, -0.25) is 19.4 Å². The number of nitrogens with zero attached hydrogens (tertiary/aromatic N) is 3. The molecule has 3 heterocycles. The van der Waals surface area contributed by atoms with Crippen molar-refractivity contribution in [1.82, 2.24) is 25.4 Å². The van der Waals surface area contributed by atoms with E-state index in [2.05, 4.69) is 20.5 Å². The summed E-state index contributed by atoms with van der Waals surface area (Å²) >= 11 is 1.47. The van der Waals surface area contributed by atoms with Crippen LogP contribution in [0.5, 0.6) is 0 Å². The number of nitrogens with one attached hydrogen (secondary N) is 2. The SMILES string of the molecule is CCNC(=O)C1CC(NC(=O)c2cnc(CN3CCCC3)s2)CN1C. The Morgan fingerprint density at radius 1 is 1.36 bits per heavy atom. The fourth-order valence-electron chi connectivity index (χ4n) is 3.58. The molecule has 0 spiro atoms. The van der Waals surface area contributed by atoms with Gasteiger partial charge in [-0.05, 0) is 46.3 Å². The molecule has 2 saturated heterocycles. The van der Waals surface area contributed by atoms with Gasteiger partial charge in [-0.15, -0.1) is 11.3 Å². The molecule has 2 fully saturated rings. The first-order valence-corrected chi connectivity index (χ1v) is 9.84. The third-order valence-corrected chi connectivity index (χ3v) is 5.85. The van der Waals surface area contributed by atoms with Gasteiger partial charge in [0, 0.05) is 19.1 Å². The highest BCUT2D eigenvalue weighted by Crippen LogP contribution is 2.20. The first-order valence-electron chi connectivity index (χ1n) is 9.02. The standard InChI is InChI=1S/C17H27N5O2S/c1-3-18-16(23)13-8-12(10-21(13)2)20-17(24)14-9-19-15(25-14)11-22-6-4-5-7-22/h9,12-13H,3-8,10-11H2,1-2H3,(H,18,23)(H,20,24). The molecule has 7 nitrogen and oxygen atoms in total. The van der Waals surface area contributed by atoms with E-state index in [4.69, 9.17) is 0 Å². The summed E-state index contributed by atoms with van der Waals surface area (Å²) in [5, 5.41) is 6.91. The summed E-state index contributed by atoms with van der Waals surface area (Å²) in [7, 11) is 1.92. The number of rotatable bonds is 6. The maximum Gasteiger partial charge on any atom is 0.263 e. The molecule has 2 aliphatic rings. The molecule has 0 saturated carbocycles. The minimum Gasteiger partial charge on any atom is -0.355 e. The predicted octanol–water partition coefficient (Wildman–Crippen LogP) is 0.678. The predicted molar refractivity (Wildman–Crippen MR) is 97.6 cm³/mol. The van der Waals surface area contributed by atoms with E-state index >= 15 is 0 Å². The van der Waals surface area contributed by atoms with Crippen LogP contribution in [0.4, 0.5) is 0 Å². The van der Waals surface area contributed by atoms with Crippen LogP contribution in [0.25, 0.3) is 0 Å². The lowest BCUT2D eigenvalue weighted by atomic mass is 10.1. The molecule has 3 rings (SSSR count). The van der Waals surface area contributed by atoms with Crippen molar-refractivity contribution in [3.63, 3.8) is 0 Å². The van der Waals surface area contributed by atoms with E-state index in [0.29, 0.717) is 24.4 Å². The number of carbonyl (C=O) groups is 2. The summed E-state index contributed by atoms with van der Waals surface area (Å²) in [5.74, 6) is -0.0486. The van der Waals surface area contributed by atoms with Crippen LogP contribution in [-0.2, 0) is 11.3 Å². The molecule has 0 radical (unpaired) electrons. The Kier molecular flexibility index (Phi) is 6.03. The smallest absolute Gasteiger partial charge is 0.263 e. The van der Waals surface area contributed by atoms with Crippen LogP contribution in [0.2, 0.25) is 0 Å². The Balaban J connectivity index is 1.52. The fourth-order valence-corrected chi connectivity index (χ4v) is 4.44. The van der Waals surface area contributed by atoms with Crippen molar-refractivity contribution in [2.75, 3.05) is 33.2 Å². The van der Waals surface area contributed by atoms with Crippen molar-refractivity contribution in [3.05, 3.63) is 16.1 Å². The van der Waals surface area contributed by atoms with Gasteiger partial charge in [-0.2, -0.15) is 0 Å². The molecule has 0 bridgehead atoms. The highest BCUT2D eigenvalue weighted by atomic mass is 32.1. The van der Waals surface area contributed by atoms with Crippen molar-refractivity contribution in [2.24, 2.45) is 0 Å².